The Bertz CT molecular complexity index is 1080. The lowest BCUT2D eigenvalue weighted by Crippen LogP contribution is -2.34. The van der Waals surface area contributed by atoms with E-state index in [4.69, 9.17) is 4.42 Å². The molecule has 4 aromatic rings. The molecular formula is C24H25N5O3. The van der Waals surface area contributed by atoms with Crippen molar-refractivity contribution in [3.63, 3.8) is 0 Å². The minimum atomic E-state index is 0.326. The van der Waals surface area contributed by atoms with E-state index in [0.29, 0.717) is 56.4 Å². The van der Waals surface area contributed by atoms with Gasteiger partial charge >= 0.3 is 0 Å². The highest BCUT2D eigenvalue weighted by molar-refractivity contribution is 5.82. The van der Waals surface area contributed by atoms with E-state index in [-0.39, 0.29) is 0 Å². The molecule has 2 fully saturated rings. The van der Waals surface area contributed by atoms with Crippen LogP contribution in [-0.4, -0.2) is 52.7 Å². The lowest BCUT2D eigenvalue weighted by Gasteiger charge is -2.25. The number of Topliss-reactive ketones (excluding diaryl/α,β-unsaturated/α-hetero) is 2. The number of anilines is 2. The number of hydrogen-bond donors (Lipinski definition) is 1. The number of piperidine rings is 2. The summed E-state index contributed by atoms with van der Waals surface area (Å²) in [7, 11) is 0. The van der Waals surface area contributed by atoms with Crippen LogP contribution in [-0.2, 0) is 9.59 Å². The Hall–Kier alpha value is -3.68. The zero-order valence-corrected chi connectivity index (χ0v) is 17.8. The Kier molecular flexibility index (Phi) is 5.58. The Balaban J connectivity index is 0.000000135. The number of para-hydroxylation sites is 4. The molecular weight excluding hydrogens is 406 g/mol. The first kappa shape index (κ1) is 20.2. The number of hydrogen-bond acceptors (Lipinski definition) is 7. The first-order chi connectivity index (χ1) is 15.7. The molecule has 0 amide bonds. The molecule has 2 aromatic carbocycles. The maximum Gasteiger partial charge on any atom is 0.298 e. The van der Waals surface area contributed by atoms with Crippen molar-refractivity contribution < 1.29 is 14.0 Å². The highest BCUT2D eigenvalue weighted by Gasteiger charge is 2.20. The van der Waals surface area contributed by atoms with Crippen LogP contribution < -0.4 is 9.80 Å². The molecule has 0 unspecified atom stereocenters. The SMILES string of the molecule is O=C1CCN(c2nc3ccccc3[nH]2)CC1.O=C1CCN(c2nc3ccccc3o2)CC1. The summed E-state index contributed by atoms with van der Waals surface area (Å²) >= 11 is 0. The molecule has 0 bridgehead atoms. The number of aromatic nitrogens is 3. The number of carbonyl (C=O) groups is 2. The fourth-order valence-electron chi connectivity index (χ4n) is 4.00. The molecule has 0 aliphatic carbocycles. The molecule has 2 aromatic heterocycles. The third-order valence-corrected chi connectivity index (χ3v) is 5.87. The van der Waals surface area contributed by atoms with Crippen molar-refractivity contribution in [3.8, 4) is 0 Å². The van der Waals surface area contributed by atoms with Crippen LogP contribution in [0.1, 0.15) is 25.7 Å². The summed E-state index contributed by atoms with van der Waals surface area (Å²) in [6.07, 6.45) is 2.46. The molecule has 8 nitrogen and oxygen atoms in total. The summed E-state index contributed by atoms with van der Waals surface area (Å²) in [6, 6.07) is 16.3. The summed E-state index contributed by atoms with van der Waals surface area (Å²) in [5.41, 5.74) is 3.70. The van der Waals surface area contributed by atoms with Gasteiger partial charge in [0, 0.05) is 51.9 Å². The number of nitrogens with one attached hydrogen (secondary N) is 1. The van der Waals surface area contributed by atoms with Gasteiger partial charge in [-0.25, -0.2) is 4.98 Å². The molecule has 32 heavy (non-hydrogen) atoms. The van der Waals surface area contributed by atoms with E-state index in [1.807, 2.05) is 53.4 Å². The van der Waals surface area contributed by atoms with Gasteiger partial charge in [0.05, 0.1) is 11.0 Å². The topological polar surface area (TPSA) is 95.3 Å². The highest BCUT2D eigenvalue weighted by Crippen LogP contribution is 2.23. The lowest BCUT2D eigenvalue weighted by atomic mass is 10.1. The standard InChI is InChI=1S/C12H13N3O.C12H12N2O2/c16-9-5-7-15(8-6-9)12-13-10-3-1-2-4-11(10)14-12;15-9-5-7-14(8-6-9)12-13-10-3-1-2-4-11(10)16-12/h1-4H,5-8H2,(H,13,14);1-4H,5-8H2. The van der Waals surface area contributed by atoms with Crippen LogP contribution in [0.15, 0.2) is 52.9 Å². The van der Waals surface area contributed by atoms with E-state index in [2.05, 4.69) is 19.9 Å². The van der Waals surface area contributed by atoms with Gasteiger partial charge in [0.15, 0.2) is 5.58 Å². The first-order valence-electron chi connectivity index (χ1n) is 11.0. The van der Waals surface area contributed by atoms with E-state index in [9.17, 15) is 9.59 Å². The maximum absolute atomic E-state index is 11.2. The number of benzene rings is 2. The van der Waals surface area contributed by atoms with Gasteiger partial charge in [0.25, 0.3) is 6.01 Å². The largest absolute Gasteiger partial charge is 0.423 e. The number of nitrogens with zero attached hydrogens (tertiary/aromatic N) is 4. The number of fused-ring (bicyclic) bond motifs is 2. The molecule has 6 rings (SSSR count). The van der Waals surface area contributed by atoms with Crippen molar-refractivity contribution in [3.05, 3.63) is 48.5 Å². The van der Waals surface area contributed by atoms with Gasteiger partial charge < -0.3 is 19.2 Å². The van der Waals surface area contributed by atoms with Gasteiger partial charge in [-0.3, -0.25) is 9.59 Å². The van der Waals surface area contributed by atoms with Gasteiger partial charge in [0.2, 0.25) is 5.95 Å². The average Bonchev–Trinajstić information content (AvgIpc) is 3.45. The zero-order chi connectivity index (χ0) is 21.9. The van der Waals surface area contributed by atoms with Crippen molar-refractivity contribution in [2.24, 2.45) is 0 Å². The van der Waals surface area contributed by atoms with Crippen molar-refractivity contribution in [1.29, 1.82) is 0 Å². The van der Waals surface area contributed by atoms with E-state index >= 15 is 0 Å². The quantitative estimate of drug-likeness (QED) is 0.517. The fourth-order valence-corrected chi connectivity index (χ4v) is 4.00. The fraction of sp³-hybridized carbons (Fsp3) is 0.333. The van der Waals surface area contributed by atoms with Crippen LogP contribution in [0.2, 0.25) is 0 Å². The molecule has 8 heteroatoms. The second kappa shape index (κ2) is 8.82. The van der Waals surface area contributed by atoms with Gasteiger partial charge in [-0.05, 0) is 24.3 Å². The summed E-state index contributed by atoms with van der Waals surface area (Å²) in [4.78, 5) is 38.7. The average molecular weight is 431 g/mol. The van der Waals surface area contributed by atoms with Crippen LogP contribution in [0, 0.1) is 0 Å². The van der Waals surface area contributed by atoms with Crippen molar-refractivity contribution >= 4 is 45.7 Å². The maximum atomic E-state index is 11.2. The number of ketones is 2. The van der Waals surface area contributed by atoms with Crippen LogP contribution in [0.4, 0.5) is 12.0 Å². The second-order valence-electron chi connectivity index (χ2n) is 8.09. The van der Waals surface area contributed by atoms with Crippen LogP contribution in [0.5, 0.6) is 0 Å². The highest BCUT2D eigenvalue weighted by atomic mass is 16.4. The Morgan fingerprint density at radius 2 is 1.31 bits per heavy atom. The molecule has 0 radical (unpaired) electrons. The Morgan fingerprint density at radius 1 is 0.719 bits per heavy atom. The molecule has 2 aliphatic heterocycles. The summed E-state index contributed by atoms with van der Waals surface area (Å²) in [5, 5.41) is 0. The third-order valence-electron chi connectivity index (χ3n) is 5.87. The predicted molar refractivity (Wildman–Crippen MR) is 123 cm³/mol. The van der Waals surface area contributed by atoms with E-state index in [1.165, 1.54) is 0 Å². The minimum absolute atomic E-state index is 0.326. The molecule has 0 atom stereocenters. The van der Waals surface area contributed by atoms with Gasteiger partial charge in [0.1, 0.15) is 17.1 Å². The Morgan fingerprint density at radius 3 is 1.97 bits per heavy atom. The van der Waals surface area contributed by atoms with Crippen LogP contribution >= 0.6 is 0 Å². The molecule has 0 saturated carbocycles. The van der Waals surface area contributed by atoms with E-state index < -0.39 is 0 Å². The normalized spacial score (nSPS) is 17.0. The van der Waals surface area contributed by atoms with Crippen molar-refractivity contribution in [1.82, 2.24) is 15.0 Å². The van der Waals surface area contributed by atoms with Crippen LogP contribution in [0.3, 0.4) is 0 Å². The molecule has 2 saturated heterocycles. The first-order valence-corrected chi connectivity index (χ1v) is 11.0. The second-order valence-corrected chi connectivity index (χ2v) is 8.09. The lowest BCUT2D eigenvalue weighted by molar-refractivity contribution is -0.120. The van der Waals surface area contributed by atoms with E-state index in [1.54, 1.807) is 0 Å². The smallest absolute Gasteiger partial charge is 0.298 e. The number of oxazole rings is 1. The van der Waals surface area contributed by atoms with Gasteiger partial charge in [-0.2, -0.15) is 4.98 Å². The zero-order valence-electron chi connectivity index (χ0n) is 17.8. The summed E-state index contributed by atoms with van der Waals surface area (Å²) in [5.74, 6) is 1.56. The number of carbonyl (C=O) groups excluding carboxylic acids is 2. The number of aromatic amines is 1. The molecule has 1 N–H and O–H groups in total. The minimum Gasteiger partial charge on any atom is -0.423 e. The Labute approximate surface area is 185 Å². The molecule has 4 heterocycles. The summed E-state index contributed by atoms with van der Waals surface area (Å²) in [6.45, 7) is 2.98. The molecule has 0 spiro atoms. The molecule has 164 valence electrons. The van der Waals surface area contributed by atoms with Crippen molar-refractivity contribution in [2.45, 2.75) is 25.7 Å². The summed E-state index contributed by atoms with van der Waals surface area (Å²) < 4.78 is 5.65. The molecule has 2 aliphatic rings. The number of H-pyrrole nitrogens is 1. The number of imidazole rings is 1. The monoisotopic (exact) mass is 431 g/mol. The predicted octanol–water partition coefficient (Wildman–Crippen LogP) is 3.73. The number of rotatable bonds is 2. The van der Waals surface area contributed by atoms with E-state index in [0.717, 1.165) is 41.2 Å². The van der Waals surface area contributed by atoms with Gasteiger partial charge in [-0.1, -0.05) is 24.3 Å². The van der Waals surface area contributed by atoms with Crippen LogP contribution in [0.25, 0.3) is 22.1 Å². The van der Waals surface area contributed by atoms with Gasteiger partial charge in [-0.15, -0.1) is 0 Å². The van der Waals surface area contributed by atoms with Crippen molar-refractivity contribution in [2.75, 3.05) is 36.0 Å². The third kappa shape index (κ3) is 4.34.